The van der Waals surface area contributed by atoms with Gasteiger partial charge in [-0.25, -0.2) is 9.78 Å². The molecule has 1 N–H and O–H groups in total. The quantitative estimate of drug-likeness (QED) is 0.831. The minimum absolute atomic E-state index is 0.0163. The summed E-state index contributed by atoms with van der Waals surface area (Å²) in [5, 5.41) is 8.82. The molecule has 19 heavy (non-hydrogen) atoms. The summed E-state index contributed by atoms with van der Waals surface area (Å²) in [6, 6.07) is 11.4. The van der Waals surface area contributed by atoms with Crippen LogP contribution in [0, 0.1) is 0 Å². The Morgan fingerprint density at radius 3 is 2.58 bits per heavy atom. The van der Waals surface area contributed by atoms with Gasteiger partial charge in [-0.15, -0.1) is 0 Å². The molecular weight excluding hydrogens is 246 g/mol. The Labute approximate surface area is 109 Å². The van der Waals surface area contributed by atoms with Gasteiger partial charge in [0.15, 0.2) is 0 Å². The molecular formula is C14H11NO4. The van der Waals surface area contributed by atoms with Gasteiger partial charge in [-0.05, 0) is 36.4 Å². The molecule has 0 aliphatic heterocycles. The molecule has 0 fully saturated rings. The molecule has 0 aliphatic carbocycles. The lowest BCUT2D eigenvalue weighted by atomic mass is 10.2. The fourth-order valence-electron chi connectivity index (χ4n) is 1.48. The molecule has 1 aromatic heterocycles. The minimum atomic E-state index is -1.07. The number of hydrogen-bond acceptors (Lipinski definition) is 4. The summed E-state index contributed by atoms with van der Waals surface area (Å²) in [4.78, 5) is 25.2. The molecule has 0 saturated carbocycles. The van der Waals surface area contributed by atoms with Crippen LogP contribution in [0.2, 0.25) is 0 Å². The SMILES string of the molecule is O=Cc1ccc(OCc2cccc(C(=O)O)n2)cc1. The number of hydrogen-bond donors (Lipinski definition) is 1. The molecule has 0 unspecified atom stereocenters. The lowest BCUT2D eigenvalue weighted by Gasteiger charge is -2.06. The highest BCUT2D eigenvalue weighted by atomic mass is 16.5. The summed E-state index contributed by atoms with van der Waals surface area (Å²) in [6.45, 7) is 0.168. The lowest BCUT2D eigenvalue weighted by Crippen LogP contribution is -2.04. The summed E-state index contributed by atoms with van der Waals surface area (Å²) >= 11 is 0. The second-order valence-electron chi connectivity index (χ2n) is 3.79. The number of aromatic nitrogens is 1. The van der Waals surface area contributed by atoms with Crippen molar-refractivity contribution in [1.29, 1.82) is 0 Å². The van der Waals surface area contributed by atoms with Crippen LogP contribution in [0.15, 0.2) is 42.5 Å². The predicted molar refractivity (Wildman–Crippen MR) is 67.4 cm³/mol. The number of rotatable bonds is 5. The summed E-state index contributed by atoms with van der Waals surface area (Å²) in [5.41, 5.74) is 1.08. The fourth-order valence-corrected chi connectivity index (χ4v) is 1.48. The van der Waals surface area contributed by atoms with Crippen molar-refractivity contribution in [1.82, 2.24) is 4.98 Å². The molecule has 1 heterocycles. The summed E-state index contributed by atoms with van der Waals surface area (Å²) in [6.07, 6.45) is 0.752. The molecule has 0 saturated heterocycles. The van der Waals surface area contributed by atoms with Crippen LogP contribution >= 0.6 is 0 Å². The van der Waals surface area contributed by atoms with Crippen molar-refractivity contribution in [3.05, 3.63) is 59.4 Å². The molecule has 2 aromatic rings. The van der Waals surface area contributed by atoms with Crippen molar-refractivity contribution in [3.8, 4) is 5.75 Å². The van der Waals surface area contributed by atoms with Gasteiger partial charge in [0, 0.05) is 5.56 Å². The maximum atomic E-state index is 10.8. The van der Waals surface area contributed by atoms with Crippen molar-refractivity contribution >= 4 is 12.3 Å². The molecule has 0 radical (unpaired) electrons. The van der Waals surface area contributed by atoms with Gasteiger partial charge in [0.05, 0.1) is 5.69 Å². The second-order valence-corrected chi connectivity index (χ2v) is 3.79. The smallest absolute Gasteiger partial charge is 0.354 e. The van der Waals surface area contributed by atoms with Crippen molar-refractivity contribution < 1.29 is 19.4 Å². The Morgan fingerprint density at radius 2 is 1.95 bits per heavy atom. The van der Waals surface area contributed by atoms with E-state index in [4.69, 9.17) is 9.84 Å². The number of aldehydes is 1. The third-order valence-corrected chi connectivity index (χ3v) is 2.43. The van der Waals surface area contributed by atoms with Gasteiger partial charge in [-0.2, -0.15) is 0 Å². The van der Waals surface area contributed by atoms with Crippen LogP contribution in [0.3, 0.4) is 0 Å². The molecule has 0 atom stereocenters. The highest BCUT2D eigenvalue weighted by molar-refractivity contribution is 5.85. The first-order chi connectivity index (χ1) is 9.19. The Kier molecular flexibility index (Phi) is 3.87. The Bertz CT molecular complexity index is 593. The van der Waals surface area contributed by atoms with Gasteiger partial charge >= 0.3 is 5.97 Å². The normalized spacial score (nSPS) is 9.89. The lowest BCUT2D eigenvalue weighted by molar-refractivity contribution is 0.0689. The van der Waals surface area contributed by atoms with Gasteiger partial charge < -0.3 is 9.84 Å². The highest BCUT2D eigenvalue weighted by Gasteiger charge is 2.05. The van der Waals surface area contributed by atoms with E-state index in [2.05, 4.69) is 4.98 Å². The fraction of sp³-hybridized carbons (Fsp3) is 0.0714. The van der Waals surface area contributed by atoms with Crippen LogP contribution in [-0.2, 0) is 6.61 Å². The molecule has 5 nitrogen and oxygen atoms in total. The van der Waals surface area contributed by atoms with Crippen molar-refractivity contribution in [3.63, 3.8) is 0 Å². The zero-order valence-electron chi connectivity index (χ0n) is 9.95. The van der Waals surface area contributed by atoms with Crippen LogP contribution < -0.4 is 4.74 Å². The predicted octanol–water partition coefficient (Wildman–Crippen LogP) is 2.17. The zero-order valence-corrected chi connectivity index (χ0v) is 9.95. The highest BCUT2D eigenvalue weighted by Crippen LogP contribution is 2.13. The molecule has 96 valence electrons. The number of carboxylic acids is 1. The third kappa shape index (κ3) is 3.38. The third-order valence-electron chi connectivity index (χ3n) is 2.43. The molecule has 0 bridgehead atoms. The van der Waals surface area contributed by atoms with E-state index in [0.717, 1.165) is 6.29 Å². The van der Waals surface area contributed by atoms with Gasteiger partial charge in [0.25, 0.3) is 0 Å². The molecule has 2 rings (SSSR count). The number of carboxylic acid groups (broad SMARTS) is 1. The first-order valence-corrected chi connectivity index (χ1v) is 5.56. The van der Waals surface area contributed by atoms with Gasteiger partial charge in [0.2, 0.25) is 0 Å². The minimum Gasteiger partial charge on any atom is -0.487 e. The van der Waals surface area contributed by atoms with E-state index in [1.807, 2.05) is 0 Å². The number of nitrogens with zero attached hydrogens (tertiary/aromatic N) is 1. The molecule has 5 heteroatoms. The van der Waals surface area contributed by atoms with E-state index in [0.29, 0.717) is 17.0 Å². The van der Waals surface area contributed by atoms with E-state index < -0.39 is 5.97 Å². The van der Waals surface area contributed by atoms with Crippen LogP contribution in [0.25, 0.3) is 0 Å². The van der Waals surface area contributed by atoms with Crippen LogP contribution in [0.1, 0.15) is 26.5 Å². The maximum Gasteiger partial charge on any atom is 0.354 e. The average molecular weight is 257 g/mol. The van der Waals surface area contributed by atoms with Crippen LogP contribution in [-0.4, -0.2) is 22.3 Å². The molecule has 0 aliphatic rings. The molecule has 0 spiro atoms. The summed E-state index contributed by atoms with van der Waals surface area (Å²) in [7, 11) is 0. The largest absolute Gasteiger partial charge is 0.487 e. The summed E-state index contributed by atoms with van der Waals surface area (Å²) < 4.78 is 5.45. The number of pyridine rings is 1. The number of aromatic carboxylic acids is 1. The van der Waals surface area contributed by atoms with Crippen molar-refractivity contribution in [2.24, 2.45) is 0 Å². The average Bonchev–Trinajstić information content (AvgIpc) is 2.46. The number of benzene rings is 1. The first-order valence-electron chi connectivity index (χ1n) is 5.56. The van der Waals surface area contributed by atoms with E-state index in [9.17, 15) is 9.59 Å². The number of carbonyl (C=O) groups excluding carboxylic acids is 1. The maximum absolute atomic E-state index is 10.8. The van der Waals surface area contributed by atoms with Gasteiger partial charge in [0.1, 0.15) is 24.3 Å². The Balaban J connectivity index is 2.03. The zero-order chi connectivity index (χ0) is 13.7. The van der Waals surface area contributed by atoms with E-state index in [1.165, 1.54) is 6.07 Å². The van der Waals surface area contributed by atoms with Crippen LogP contribution in [0.5, 0.6) is 5.75 Å². The van der Waals surface area contributed by atoms with E-state index >= 15 is 0 Å². The van der Waals surface area contributed by atoms with E-state index in [-0.39, 0.29) is 12.3 Å². The Morgan fingerprint density at radius 1 is 1.21 bits per heavy atom. The monoisotopic (exact) mass is 257 g/mol. The second kappa shape index (κ2) is 5.77. The first kappa shape index (κ1) is 12.8. The van der Waals surface area contributed by atoms with Crippen molar-refractivity contribution in [2.45, 2.75) is 6.61 Å². The molecule has 1 aromatic carbocycles. The Hall–Kier alpha value is -2.69. The molecule has 0 amide bonds. The van der Waals surface area contributed by atoms with Crippen molar-refractivity contribution in [2.75, 3.05) is 0 Å². The summed E-state index contributed by atoms with van der Waals surface area (Å²) in [5.74, 6) is -0.481. The standard InChI is InChI=1S/C14H11NO4/c16-8-10-4-6-12(7-5-10)19-9-11-2-1-3-13(15-11)14(17)18/h1-8H,9H2,(H,17,18). The topological polar surface area (TPSA) is 76.5 Å². The number of ether oxygens (including phenoxy) is 1. The van der Waals surface area contributed by atoms with Gasteiger partial charge in [-0.1, -0.05) is 6.07 Å². The number of carbonyl (C=O) groups is 2. The van der Waals surface area contributed by atoms with Crippen LogP contribution in [0.4, 0.5) is 0 Å². The van der Waals surface area contributed by atoms with Gasteiger partial charge in [-0.3, -0.25) is 4.79 Å². The van der Waals surface area contributed by atoms with E-state index in [1.54, 1.807) is 36.4 Å².